The van der Waals surface area contributed by atoms with Crippen molar-refractivity contribution in [3.05, 3.63) is 106 Å². The maximum Gasteiger partial charge on any atom is 0.338 e. The van der Waals surface area contributed by atoms with Gasteiger partial charge in [0.2, 0.25) is 0 Å². The first-order chi connectivity index (χ1) is 19.0. The van der Waals surface area contributed by atoms with E-state index in [1.807, 2.05) is 61.2 Å². The minimum Gasteiger partial charge on any atom is -0.462 e. The molecular weight excluding hydrogens is 572 g/mol. The van der Waals surface area contributed by atoms with E-state index in [1.54, 1.807) is 0 Å². The Morgan fingerprint density at radius 2 is 1.62 bits per heavy atom. The lowest BCUT2D eigenvalue weighted by atomic mass is 9.98. The number of hydrogen-bond donors (Lipinski definition) is 0. The van der Waals surface area contributed by atoms with Gasteiger partial charge < -0.3 is 14.2 Å². The van der Waals surface area contributed by atoms with Gasteiger partial charge in [-0.15, -0.1) is 11.8 Å². The molecule has 202 valence electrons. The van der Waals surface area contributed by atoms with Gasteiger partial charge in [0.1, 0.15) is 12.2 Å². The van der Waals surface area contributed by atoms with Crippen molar-refractivity contribution < 1.29 is 19.0 Å². The van der Waals surface area contributed by atoms with E-state index < -0.39 is 5.79 Å². The fourth-order valence-corrected chi connectivity index (χ4v) is 7.31. The fraction of sp³-hybridized carbons (Fsp3) is 0.364. The Hall–Kier alpha value is -2.38. The first-order valence-electron chi connectivity index (χ1n) is 13.8. The Morgan fingerprint density at radius 3 is 2.18 bits per heavy atom. The smallest absolute Gasteiger partial charge is 0.338 e. The van der Waals surface area contributed by atoms with Crippen LogP contribution in [0.5, 0.6) is 0 Å². The molecule has 0 unspecified atom stereocenters. The maximum atomic E-state index is 13.1. The van der Waals surface area contributed by atoms with E-state index in [-0.39, 0.29) is 24.1 Å². The monoisotopic (exact) mass is 604 g/mol. The molecule has 6 rings (SSSR count). The van der Waals surface area contributed by atoms with Crippen LogP contribution in [-0.2, 0) is 19.0 Å². The molecule has 3 atom stereocenters. The normalized spacial score (nSPS) is 24.3. The number of esters is 1. The van der Waals surface area contributed by atoms with E-state index >= 15 is 0 Å². The summed E-state index contributed by atoms with van der Waals surface area (Å²) < 4.78 is 20.1. The Balaban J connectivity index is 1.26. The van der Waals surface area contributed by atoms with Gasteiger partial charge in [0.15, 0.2) is 5.79 Å². The zero-order valence-corrected chi connectivity index (χ0v) is 24.5. The lowest BCUT2D eigenvalue weighted by Gasteiger charge is -2.23. The number of halogens is 1. The van der Waals surface area contributed by atoms with Crippen LogP contribution in [0.25, 0.3) is 5.57 Å². The number of carbonyl (C=O) groups excluding carboxylic acids is 1. The molecule has 0 radical (unpaired) electrons. The molecule has 3 aliphatic rings. The van der Waals surface area contributed by atoms with Crippen LogP contribution in [0.3, 0.4) is 0 Å². The van der Waals surface area contributed by atoms with Crippen molar-refractivity contribution >= 4 is 39.2 Å². The van der Waals surface area contributed by atoms with Gasteiger partial charge in [0, 0.05) is 27.5 Å². The van der Waals surface area contributed by atoms with E-state index in [4.69, 9.17) is 14.2 Å². The first kappa shape index (κ1) is 26.8. The molecule has 1 spiro atoms. The highest BCUT2D eigenvalue weighted by Crippen LogP contribution is 2.54. The topological polar surface area (TPSA) is 44.8 Å². The highest BCUT2D eigenvalue weighted by Gasteiger charge is 2.52. The number of allylic oxidation sites excluding steroid dienone is 1. The fourth-order valence-electron chi connectivity index (χ4n) is 5.61. The van der Waals surface area contributed by atoms with Crippen LogP contribution in [0.4, 0.5) is 0 Å². The van der Waals surface area contributed by atoms with Crippen LogP contribution >= 0.6 is 27.7 Å². The van der Waals surface area contributed by atoms with Crippen molar-refractivity contribution in [2.45, 2.75) is 67.2 Å². The summed E-state index contributed by atoms with van der Waals surface area (Å²) in [6.07, 6.45) is 6.61. The first-order valence-corrected chi connectivity index (χ1v) is 15.5. The van der Waals surface area contributed by atoms with Crippen molar-refractivity contribution in [1.29, 1.82) is 0 Å². The molecule has 6 heteroatoms. The summed E-state index contributed by atoms with van der Waals surface area (Å²) in [7, 11) is 0. The summed E-state index contributed by atoms with van der Waals surface area (Å²) in [5.41, 5.74) is 3.71. The van der Waals surface area contributed by atoms with E-state index in [1.165, 1.54) is 17.7 Å². The van der Waals surface area contributed by atoms with Crippen molar-refractivity contribution in [2.24, 2.45) is 5.92 Å². The predicted octanol–water partition coefficient (Wildman–Crippen LogP) is 8.68. The van der Waals surface area contributed by atoms with Gasteiger partial charge in [0.25, 0.3) is 0 Å². The molecule has 2 aliphatic carbocycles. The van der Waals surface area contributed by atoms with Crippen LogP contribution in [0, 0.1) is 5.92 Å². The third-order valence-corrected chi connectivity index (χ3v) is 9.98. The molecule has 3 aromatic carbocycles. The zero-order chi connectivity index (χ0) is 26.8. The molecule has 39 heavy (non-hydrogen) atoms. The molecule has 1 saturated heterocycles. The summed E-state index contributed by atoms with van der Waals surface area (Å²) in [4.78, 5) is 14.3. The number of benzene rings is 3. The van der Waals surface area contributed by atoms with Crippen molar-refractivity contribution in [2.75, 3.05) is 6.61 Å². The Kier molecular flexibility index (Phi) is 7.99. The molecule has 3 fully saturated rings. The average molecular weight is 606 g/mol. The molecular formula is C33H33BrO4S. The minimum absolute atomic E-state index is 0.134. The Morgan fingerprint density at radius 1 is 0.974 bits per heavy atom. The highest BCUT2D eigenvalue weighted by atomic mass is 79.9. The van der Waals surface area contributed by atoms with Crippen molar-refractivity contribution in [3.63, 3.8) is 0 Å². The second-order valence-electron chi connectivity index (χ2n) is 10.6. The lowest BCUT2D eigenvalue weighted by Crippen LogP contribution is -2.26. The molecule has 4 nitrogen and oxygen atoms in total. The summed E-state index contributed by atoms with van der Waals surface area (Å²) in [6, 6.07) is 26.9. The van der Waals surface area contributed by atoms with Crippen LogP contribution in [0.2, 0.25) is 0 Å². The van der Waals surface area contributed by atoms with Gasteiger partial charge in [-0.05, 0) is 76.9 Å². The second kappa shape index (κ2) is 11.6. The summed E-state index contributed by atoms with van der Waals surface area (Å²) >= 11 is 5.64. The Labute approximate surface area is 243 Å². The number of carbonyl (C=O) groups is 1. The van der Waals surface area contributed by atoms with Crippen LogP contribution in [-0.4, -0.2) is 23.6 Å². The molecule has 0 aromatic heterocycles. The number of thioether (sulfide) groups is 1. The molecule has 2 saturated carbocycles. The quantitative estimate of drug-likeness (QED) is 0.190. The SMILES string of the molecule is CCOC(=O)/C(=C/[C@H]1CCC2(C1)O[C@H](c1ccccc1)[C@@H](c1ccccc1)O2)c1ccc(SC2CC2)c(Br)c1. The van der Waals surface area contributed by atoms with Gasteiger partial charge >= 0.3 is 5.97 Å². The van der Waals surface area contributed by atoms with Gasteiger partial charge in [-0.1, -0.05) is 72.8 Å². The standard InChI is InChI=1S/C33H33BrO4S/c1-2-36-32(35)27(25-13-16-29(28(34)20-25)39-26-14-15-26)19-22-17-18-33(21-22)37-30(23-9-5-3-6-10-23)31(38-33)24-11-7-4-8-12-24/h3-13,16,19-20,22,26,30-31H,2,14-15,17-18,21H2,1H3/b27-19+/t22-,30-,31-/m1/s1. The average Bonchev–Trinajstić information content (AvgIpc) is 3.58. The van der Waals surface area contributed by atoms with Crippen LogP contribution in [0.15, 0.2) is 94.3 Å². The second-order valence-corrected chi connectivity index (χ2v) is 12.8. The molecule has 1 heterocycles. The molecule has 3 aromatic rings. The van der Waals surface area contributed by atoms with E-state index in [9.17, 15) is 4.79 Å². The number of rotatable bonds is 8. The van der Waals surface area contributed by atoms with E-state index in [2.05, 4.69) is 58.4 Å². The van der Waals surface area contributed by atoms with Crippen molar-refractivity contribution in [3.8, 4) is 0 Å². The van der Waals surface area contributed by atoms with Crippen molar-refractivity contribution in [1.82, 2.24) is 0 Å². The zero-order valence-electron chi connectivity index (χ0n) is 22.1. The molecule has 0 amide bonds. The highest BCUT2D eigenvalue weighted by molar-refractivity contribution is 9.10. The molecule has 0 N–H and O–H groups in total. The van der Waals surface area contributed by atoms with E-state index in [0.717, 1.165) is 34.0 Å². The number of ether oxygens (including phenoxy) is 3. The van der Waals surface area contributed by atoms with Gasteiger partial charge in [0.05, 0.1) is 12.2 Å². The summed E-state index contributed by atoms with van der Waals surface area (Å²) in [6.45, 7) is 2.18. The predicted molar refractivity (Wildman–Crippen MR) is 158 cm³/mol. The molecule has 0 bridgehead atoms. The van der Waals surface area contributed by atoms with Crippen LogP contribution < -0.4 is 0 Å². The third kappa shape index (κ3) is 6.04. The lowest BCUT2D eigenvalue weighted by molar-refractivity contribution is -0.172. The minimum atomic E-state index is -0.687. The Bertz CT molecular complexity index is 1290. The molecule has 1 aliphatic heterocycles. The maximum absolute atomic E-state index is 13.1. The van der Waals surface area contributed by atoms with Crippen LogP contribution in [0.1, 0.15) is 67.9 Å². The summed E-state index contributed by atoms with van der Waals surface area (Å²) in [5.74, 6) is -0.840. The van der Waals surface area contributed by atoms with Gasteiger partial charge in [-0.2, -0.15) is 0 Å². The third-order valence-electron chi connectivity index (χ3n) is 7.64. The summed E-state index contributed by atoms with van der Waals surface area (Å²) in [5, 5.41) is 0.715. The largest absolute Gasteiger partial charge is 0.462 e. The van der Waals surface area contributed by atoms with Gasteiger partial charge in [-0.25, -0.2) is 4.79 Å². The number of hydrogen-bond acceptors (Lipinski definition) is 5. The van der Waals surface area contributed by atoms with Gasteiger partial charge in [-0.3, -0.25) is 0 Å². The van der Waals surface area contributed by atoms with E-state index in [0.29, 0.717) is 23.9 Å².